The van der Waals surface area contributed by atoms with Crippen LogP contribution in [0.15, 0.2) is 58.3 Å². The number of nitrogens with one attached hydrogen (secondary N) is 1. The molecule has 0 aliphatic rings. The highest BCUT2D eigenvalue weighted by atomic mass is 32.1. The number of rotatable bonds is 5. The molecule has 0 bridgehead atoms. The van der Waals surface area contributed by atoms with E-state index in [0.717, 1.165) is 23.5 Å². The molecular weight excluding hydrogens is 411 g/mol. The summed E-state index contributed by atoms with van der Waals surface area (Å²) in [5.74, 6) is -2.72. The van der Waals surface area contributed by atoms with E-state index < -0.39 is 36.1 Å². The number of esters is 1. The van der Waals surface area contributed by atoms with E-state index >= 15 is 0 Å². The summed E-state index contributed by atoms with van der Waals surface area (Å²) in [6.07, 6.45) is -4.52. The predicted molar refractivity (Wildman–Crippen MR) is 96.2 cm³/mol. The van der Waals surface area contributed by atoms with Gasteiger partial charge in [0.15, 0.2) is 6.61 Å². The number of imide groups is 1. The van der Waals surface area contributed by atoms with Crippen LogP contribution in [0.3, 0.4) is 0 Å². The van der Waals surface area contributed by atoms with Crippen molar-refractivity contribution in [2.45, 2.75) is 6.18 Å². The first-order valence-electron chi connectivity index (χ1n) is 8.06. The molecule has 10 heteroatoms. The van der Waals surface area contributed by atoms with Crippen LogP contribution in [0.2, 0.25) is 0 Å². The van der Waals surface area contributed by atoms with Gasteiger partial charge in [-0.1, -0.05) is 18.2 Å². The maximum absolute atomic E-state index is 12.8. The van der Waals surface area contributed by atoms with Crippen LogP contribution in [0.5, 0.6) is 0 Å². The molecule has 3 aromatic rings. The Morgan fingerprint density at radius 3 is 2.55 bits per heavy atom. The Kier molecular flexibility index (Phi) is 5.83. The molecule has 3 rings (SSSR count). The molecule has 2 aromatic heterocycles. The van der Waals surface area contributed by atoms with Crippen LogP contribution in [0.25, 0.3) is 11.3 Å². The Hall–Kier alpha value is -3.40. The number of thiophene rings is 1. The van der Waals surface area contributed by atoms with Gasteiger partial charge in [0, 0.05) is 5.56 Å². The Morgan fingerprint density at radius 1 is 1.07 bits per heavy atom. The zero-order valence-electron chi connectivity index (χ0n) is 14.5. The van der Waals surface area contributed by atoms with E-state index in [1.165, 1.54) is 30.3 Å². The molecule has 150 valence electrons. The molecule has 0 saturated heterocycles. The summed E-state index contributed by atoms with van der Waals surface area (Å²) >= 11 is 1.14. The van der Waals surface area contributed by atoms with Crippen LogP contribution < -0.4 is 5.32 Å². The van der Waals surface area contributed by atoms with Gasteiger partial charge in [-0.15, -0.1) is 11.3 Å². The van der Waals surface area contributed by atoms with Gasteiger partial charge >= 0.3 is 12.1 Å². The van der Waals surface area contributed by atoms with Crippen molar-refractivity contribution in [2.24, 2.45) is 0 Å². The number of ether oxygens (including phenoxy) is 1. The van der Waals surface area contributed by atoms with E-state index in [-0.39, 0.29) is 17.1 Å². The fourth-order valence-corrected chi connectivity index (χ4v) is 2.90. The van der Waals surface area contributed by atoms with Gasteiger partial charge in [0.25, 0.3) is 11.8 Å². The molecule has 0 aliphatic carbocycles. The molecule has 0 spiro atoms. The fraction of sp³-hybridized carbons (Fsp3) is 0.105. The zero-order valence-corrected chi connectivity index (χ0v) is 15.3. The van der Waals surface area contributed by atoms with Gasteiger partial charge in [-0.05, 0) is 35.7 Å². The van der Waals surface area contributed by atoms with Gasteiger partial charge in [0.1, 0.15) is 5.76 Å². The van der Waals surface area contributed by atoms with Crippen LogP contribution in [0, 0.1) is 0 Å². The highest BCUT2D eigenvalue weighted by molar-refractivity contribution is 7.12. The van der Waals surface area contributed by atoms with Crippen molar-refractivity contribution in [3.8, 4) is 11.3 Å². The van der Waals surface area contributed by atoms with Crippen LogP contribution in [-0.2, 0) is 15.7 Å². The van der Waals surface area contributed by atoms with E-state index in [1.807, 2.05) is 0 Å². The predicted octanol–water partition coefficient (Wildman–Crippen LogP) is 4.14. The van der Waals surface area contributed by atoms with Crippen molar-refractivity contribution < 1.29 is 36.7 Å². The molecule has 0 fully saturated rings. The second-order valence-electron chi connectivity index (χ2n) is 5.67. The van der Waals surface area contributed by atoms with E-state index in [9.17, 15) is 27.6 Å². The second kappa shape index (κ2) is 8.31. The molecule has 0 atom stereocenters. The largest absolute Gasteiger partial charge is 0.450 e. The Bertz CT molecular complexity index is 1040. The normalized spacial score (nSPS) is 11.1. The third kappa shape index (κ3) is 5.11. The molecule has 0 radical (unpaired) electrons. The van der Waals surface area contributed by atoms with Crippen molar-refractivity contribution >= 4 is 29.1 Å². The standard InChI is InChI=1S/C19H12F3NO5S/c20-19(21,22)12-4-1-3-11(9-12)13-6-7-14(28-13)18(26)27-10-16(24)23-17(25)15-5-2-8-29-15/h1-9H,10H2,(H,23,24,25). The lowest BCUT2D eigenvalue weighted by molar-refractivity contribution is -0.137. The van der Waals surface area contributed by atoms with Crippen molar-refractivity contribution in [2.75, 3.05) is 6.61 Å². The number of amides is 2. The van der Waals surface area contributed by atoms with Crippen LogP contribution in [0.1, 0.15) is 25.8 Å². The van der Waals surface area contributed by atoms with Crippen molar-refractivity contribution in [1.29, 1.82) is 0 Å². The summed E-state index contributed by atoms with van der Waals surface area (Å²) in [6, 6.07) is 10.1. The maximum Gasteiger partial charge on any atom is 0.416 e. The molecule has 29 heavy (non-hydrogen) atoms. The molecule has 2 heterocycles. The number of carbonyl (C=O) groups excluding carboxylic acids is 3. The monoisotopic (exact) mass is 423 g/mol. The molecule has 1 N–H and O–H groups in total. The van der Waals surface area contributed by atoms with E-state index in [0.29, 0.717) is 4.88 Å². The number of alkyl halides is 3. The average Bonchev–Trinajstić information content (AvgIpc) is 3.37. The van der Waals surface area contributed by atoms with Crippen LogP contribution >= 0.6 is 11.3 Å². The molecule has 6 nitrogen and oxygen atoms in total. The number of furan rings is 1. The Balaban J connectivity index is 1.60. The summed E-state index contributed by atoms with van der Waals surface area (Å²) in [4.78, 5) is 35.7. The Labute approximate surface area is 165 Å². The smallest absolute Gasteiger partial charge is 0.416 e. The molecular formula is C19H12F3NO5S. The minimum absolute atomic E-state index is 0.0281. The van der Waals surface area contributed by atoms with Gasteiger partial charge < -0.3 is 9.15 Å². The van der Waals surface area contributed by atoms with Gasteiger partial charge in [-0.2, -0.15) is 13.2 Å². The van der Waals surface area contributed by atoms with E-state index in [2.05, 4.69) is 5.32 Å². The Morgan fingerprint density at radius 2 is 1.86 bits per heavy atom. The summed E-state index contributed by atoms with van der Waals surface area (Å²) < 4.78 is 48.4. The average molecular weight is 423 g/mol. The second-order valence-corrected chi connectivity index (χ2v) is 6.62. The summed E-state index contributed by atoms with van der Waals surface area (Å²) in [5.41, 5.74) is -0.735. The highest BCUT2D eigenvalue weighted by Crippen LogP contribution is 2.32. The fourth-order valence-electron chi connectivity index (χ4n) is 2.29. The SMILES string of the molecule is O=C(COC(=O)c1ccc(-c2cccc(C(F)(F)F)c2)o1)NC(=O)c1cccs1. The molecule has 0 aliphatic heterocycles. The highest BCUT2D eigenvalue weighted by Gasteiger charge is 2.30. The van der Waals surface area contributed by atoms with Gasteiger partial charge in [-0.3, -0.25) is 14.9 Å². The number of halogens is 3. The first-order chi connectivity index (χ1) is 13.7. The quantitative estimate of drug-likeness (QED) is 0.624. The van der Waals surface area contributed by atoms with E-state index in [4.69, 9.17) is 9.15 Å². The maximum atomic E-state index is 12.8. The summed E-state index contributed by atoms with van der Waals surface area (Å²) in [5, 5.41) is 3.72. The van der Waals surface area contributed by atoms with E-state index in [1.54, 1.807) is 11.4 Å². The third-order valence-corrected chi connectivity index (χ3v) is 4.48. The number of benzene rings is 1. The van der Waals surface area contributed by atoms with Crippen LogP contribution in [-0.4, -0.2) is 24.4 Å². The first-order valence-corrected chi connectivity index (χ1v) is 8.94. The molecule has 2 amide bonds. The van der Waals surface area contributed by atoms with Gasteiger partial charge in [0.2, 0.25) is 5.76 Å². The van der Waals surface area contributed by atoms with Gasteiger partial charge in [-0.25, -0.2) is 4.79 Å². The molecule has 0 saturated carbocycles. The first kappa shape index (κ1) is 20.3. The summed E-state index contributed by atoms with van der Waals surface area (Å²) in [6.45, 7) is -0.727. The lowest BCUT2D eigenvalue weighted by Gasteiger charge is -2.07. The van der Waals surface area contributed by atoms with Crippen molar-refractivity contribution in [1.82, 2.24) is 5.32 Å². The van der Waals surface area contributed by atoms with Crippen LogP contribution in [0.4, 0.5) is 13.2 Å². The number of hydrogen-bond acceptors (Lipinski definition) is 6. The number of hydrogen-bond donors (Lipinski definition) is 1. The molecule has 0 unspecified atom stereocenters. The number of carbonyl (C=O) groups is 3. The van der Waals surface area contributed by atoms with Gasteiger partial charge in [0.05, 0.1) is 10.4 Å². The topological polar surface area (TPSA) is 85.6 Å². The summed E-state index contributed by atoms with van der Waals surface area (Å²) in [7, 11) is 0. The lowest BCUT2D eigenvalue weighted by Crippen LogP contribution is -2.33. The molecule has 1 aromatic carbocycles. The van der Waals surface area contributed by atoms with Crippen molar-refractivity contribution in [3.63, 3.8) is 0 Å². The minimum Gasteiger partial charge on any atom is -0.450 e. The third-order valence-electron chi connectivity index (χ3n) is 3.61. The minimum atomic E-state index is -4.52. The lowest BCUT2D eigenvalue weighted by atomic mass is 10.1. The zero-order chi connectivity index (χ0) is 21.0. The van der Waals surface area contributed by atoms with Crippen molar-refractivity contribution in [3.05, 3.63) is 70.1 Å².